The van der Waals surface area contributed by atoms with Gasteiger partial charge in [-0.05, 0) is 26.0 Å². The van der Waals surface area contributed by atoms with Gasteiger partial charge in [-0.15, -0.1) is 0 Å². The summed E-state index contributed by atoms with van der Waals surface area (Å²) in [4.78, 5) is 21.5. The Labute approximate surface area is 172 Å². The number of nitrogens with zero attached hydrogens (tertiary/aromatic N) is 5. The first-order valence-corrected chi connectivity index (χ1v) is 9.53. The van der Waals surface area contributed by atoms with Gasteiger partial charge in [0.05, 0.1) is 36.2 Å². The number of rotatable bonds is 4. The number of imidazole rings is 1. The molecule has 30 heavy (non-hydrogen) atoms. The van der Waals surface area contributed by atoms with Crippen LogP contribution in [0, 0.1) is 0 Å². The van der Waals surface area contributed by atoms with E-state index in [2.05, 4.69) is 20.4 Å². The number of carbonyl (C=O) groups excluding carboxylic acids is 1. The van der Waals surface area contributed by atoms with Gasteiger partial charge in [0.2, 0.25) is 0 Å². The fourth-order valence-corrected chi connectivity index (χ4v) is 3.71. The van der Waals surface area contributed by atoms with Crippen molar-refractivity contribution in [3.8, 4) is 11.4 Å². The maximum absolute atomic E-state index is 13.1. The topological polar surface area (TPSA) is 107 Å². The molecule has 1 aromatic carbocycles. The van der Waals surface area contributed by atoms with Crippen molar-refractivity contribution in [2.24, 2.45) is 0 Å². The Morgan fingerprint density at radius 2 is 2.20 bits per heavy atom. The second-order valence-electron chi connectivity index (χ2n) is 7.85. The highest BCUT2D eigenvalue weighted by Crippen LogP contribution is 2.39. The van der Waals surface area contributed by atoms with E-state index < -0.39 is 0 Å². The van der Waals surface area contributed by atoms with E-state index in [1.807, 2.05) is 26.0 Å². The number of ether oxygens (including phenoxy) is 1. The molecule has 0 radical (unpaired) electrons. The van der Waals surface area contributed by atoms with Crippen molar-refractivity contribution in [1.29, 1.82) is 0 Å². The Bertz CT molecular complexity index is 1270. The van der Waals surface area contributed by atoms with E-state index in [1.165, 1.54) is 6.20 Å². The summed E-state index contributed by atoms with van der Waals surface area (Å²) in [5, 5.41) is 16.5. The number of benzene rings is 1. The molecule has 3 aromatic heterocycles. The number of fused-ring (bicyclic) bond motifs is 2. The van der Waals surface area contributed by atoms with Crippen molar-refractivity contribution >= 4 is 17.2 Å². The number of hydrogen-bond acceptors (Lipinski definition) is 6. The maximum Gasteiger partial charge on any atom is 0.261 e. The predicted octanol–water partition coefficient (Wildman–Crippen LogP) is 2.37. The average molecular weight is 404 g/mol. The molecule has 4 aromatic rings. The molecule has 0 bridgehead atoms. The Kier molecular flexibility index (Phi) is 4.07. The van der Waals surface area contributed by atoms with E-state index in [0.717, 1.165) is 17.7 Å². The summed E-state index contributed by atoms with van der Waals surface area (Å²) < 4.78 is 9.37. The lowest BCUT2D eigenvalue weighted by Crippen LogP contribution is -2.24. The SMILES string of the molecule is CC1(C)Cc2cc(NC(=O)c3cnn4cccnc34)c(-n3cnc(CO)c3)cc2O1. The first-order valence-electron chi connectivity index (χ1n) is 9.53. The van der Waals surface area contributed by atoms with Crippen LogP contribution in [0.5, 0.6) is 5.75 Å². The van der Waals surface area contributed by atoms with E-state index in [4.69, 9.17) is 4.74 Å². The quantitative estimate of drug-likeness (QED) is 0.541. The number of aliphatic hydroxyl groups excluding tert-OH is 1. The number of nitrogens with one attached hydrogen (secondary N) is 1. The molecule has 152 valence electrons. The highest BCUT2D eigenvalue weighted by Gasteiger charge is 2.31. The molecule has 5 rings (SSSR count). The van der Waals surface area contributed by atoms with Crippen LogP contribution in [0.15, 0.2) is 49.3 Å². The minimum atomic E-state index is -0.320. The normalized spacial score (nSPS) is 14.5. The molecule has 9 heteroatoms. The lowest BCUT2D eigenvalue weighted by Gasteiger charge is -2.17. The van der Waals surface area contributed by atoms with Gasteiger partial charge in [-0.25, -0.2) is 14.5 Å². The largest absolute Gasteiger partial charge is 0.487 e. The van der Waals surface area contributed by atoms with Gasteiger partial charge in [-0.2, -0.15) is 5.10 Å². The zero-order valence-corrected chi connectivity index (χ0v) is 16.5. The molecule has 0 unspecified atom stereocenters. The predicted molar refractivity (Wildman–Crippen MR) is 109 cm³/mol. The van der Waals surface area contributed by atoms with E-state index in [-0.39, 0.29) is 18.1 Å². The van der Waals surface area contributed by atoms with Gasteiger partial charge in [-0.1, -0.05) is 0 Å². The molecule has 2 N–H and O–H groups in total. The van der Waals surface area contributed by atoms with Crippen LogP contribution < -0.4 is 10.1 Å². The minimum absolute atomic E-state index is 0.169. The molecule has 0 saturated carbocycles. The lowest BCUT2D eigenvalue weighted by molar-refractivity contribution is 0.102. The van der Waals surface area contributed by atoms with E-state index in [1.54, 1.807) is 40.1 Å². The summed E-state index contributed by atoms with van der Waals surface area (Å²) in [6.07, 6.45) is 8.90. The third-order valence-corrected chi connectivity index (χ3v) is 5.03. The lowest BCUT2D eigenvalue weighted by atomic mass is 10.0. The summed E-state index contributed by atoms with van der Waals surface area (Å²) >= 11 is 0. The third-order valence-electron chi connectivity index (χ3n) is 5.03. The highest BCUT2D eigenvalue weighted by molar-refractivity contribution is 6.09. The summed E-state index contributed by atoms with van der Waals surface area (Å²) in [6.45, 7) is 3.88. The summed E-state index contributed by atoms with van der Waals surface area (Å²) in [5.41, 5.74) is 3.38. The van der Waals surface area contributed by atoms with E-state index in [0.29, 0.717) is 28.3 Å². The fourth-order valence-electron chi connectivity index (χ4n) is 3.71. The van der Waals surface area contributed by atoms with Crippen LogP contribution in [0.3, 0.4) is 0 Å². The molecule has 0 spiro atoms. The van der Waals surface area contributed by atoms with Gasteiger partial charge < -0.3 is 19.7 Å². The zero-order chi connectivity index (χ0) is 20.9. The van der Waals surface area contributed by atoms with Crippen LogP contribution >= 0.6 is 0 Å². The number of anilines is 1. The molecule has 1 aliphatic rings. The molecular formula is C21H20N6O3. The second kappa shape index (κ2) is 6.67. The first kappa shape index (κ1) is 18.3. The third kappa shape index (κ3) is 3.09. The van der Waals surface area contributed by atoms with E-state index >= 15 is 0 Å². The number of aliphatic hydroxyl groups is 1. The Morgan fingerprint density at radius 3 is 3.00 bits per heavy atom. The standard InChI is InChI=1S/C21H20N6O3/c1-21(2)8-13-6-16(17(7-18(13)30-21)26-10-14(11-28)23-12-26)25-20(29)15-9-24-27-5-3-4-22-19(15)27/h3-7,9-10,12,28H,8,11H2,1-2H3,(H,25,29). The Hall–Kier alpha value is -3.72. The van der Waals surface area contributed by atoms with Crippen molar-refractivity contribution in [2.75, 3.05) is 5.32 Å². The Balaban J connectivity index is 1.57. The summed E-state index contributed by atoms with van der Waals surface area (Å²) in [6, 6.07) is 5.56. The van der Waals surface area contributed by atoms with Crippen LogP contribution in [-0.2, 0) is 13.0 Å². The number of carbonyl (C=O) groups is 1. The zero-order valence-electron chi connectivity index (χ0n) is 16.5. The fraction of sp³-hybridized carbons (Fsp3) is 0.238. The van der Waals surface area contributed by atoms with Gasteiger partial charge in [0.25, 0.3) is 5.91 Å². The maximum atomic E-state index is 13.1. The molecule has 0 aliphatic carbocycles. The van der Waals surface area contributed by atoms with Crippen molar-refractivity contribution in [3.05, 3.63) is 66.1 Å². The van der Waals surface area contributed by atoms with Crippen LogP contribution in [0.2, 0.25) is 0 Å². The summed E-state index contributed by atoms with van der Waals surface area (Å²) in [5.74, 6) is 0.454. The van der Waals surface area contributed by atoms with Crippen LogP contribution in [-0.4, -0.2) is 40.8 Å². The van der Waals surface area contributed by atoms with Crippen LogP contribution in [0.1, 0.15) is 35.5 Å². The van der Waals surface area contributed by atoms with E-state index in [9.17, 15) is 9.90 Å². The van der Waals surface area contributed by atoms with Crippen molar-refractivity contribution in [3.63, 3.8) is 0 Å². The summed E-state index contributed by atoms with van der Waals surface area (Å²) in [7, 11) is 0. The number of amides is 1. The van der Waals surface area contributed by atoms with Gasteiger partial charge in [0.1, 0.15) is 16.9 Å². The molecule has 1 amide bonds. The molecule has 1 aliphatic heterocycles. The monoisotopic (exact) mass is 404 g/mol. The average Bonchev–Trinajstić information content (AvgIpc) is 3.42. The minimum Gasteiger partial charge on any atom is -0.487 e. The molecule has 0 fully saturated rings. The second-order valence-corrected chi connectivity index (χ2v) is 7.85. The van der Waals surface area contributed by atoms with Gasteiger partial charge in [-0.3, -0.25) is 4.79 Å². The van der Waals surface area contributed by atoms with Crippen LogP contribution in [0.25, 0.3) is 11.3 Å². The molecule has 9 nitrogen and oxygen atoms in total. The van der Waals surface area contributed by atoms with Crippen molar-refractivity contribution in [1.82, 2.24) is 24.1 Å². The van der Waals surface area contributed by atoms with Gasteiger partial charge in [0, 0.05) is 36.6 Å². The molecular weight excluding hydrogens is 384 g/mol. The Morgan fingerprint density at radius 1 is 1.33 bits per heavy atom. The molecule has 0 atom stereocenters. The number of hydrogen-bond donors (Lipinski definition) is 2. The highest BCUT2D eigenvalue weighted by atomic mass is 16.5. The van der Waals surface area contributed by atoms with Gasteiger partial charge in [0.15, 0.2) is 5.65 Å². The number of aromatic nitrogens is 5. The molecule has 0 saturated heterocycles. The van der Waals surface area contributed by atoms with Crippen LogP contribution in [0.4, 0.5) is 5.69 Å². The van der Waals surface area contributed by atoms with Gasteiger partial charge >= 0.3 is 0 Å². The molecule has 4 heterocycles. The smallest absolute Gasteiger partial charge is 0.261 e. The van der Waals surface area contributed by atoms with Crippen molar-refractivity contribution < 1.29 is 14.6 Å². The first-order chi connectivity index (χ1) is 14.4. The van der Waals surface area contributed by atoms with Crippen molar-refractivity contribution in [2.45, 2.75) is 32.5 Å².